The molecule has 2 N–H and O–H groups in total. The van der Waals surface area contributed by atoms with Gasteiger partial charge in [0.05, 0.1) is 23.5 Å². The molecule has 0 radical (unpaired) electrons. The lowest BCUT2D eigenvalue weighted by atomic mass is 9.71. The van der Waals surface area contributed by atoms with Crippen LogP contribution in [0, 0.1) is 0 Å². The van der Waals surface area contributed by atoms with Gasteiger partial charge in [-0.1, -0.05) is 0 Å². The average Bonchev–Trinajstić information content (AvgIpc) is 3.04. The van der Waals surface area contributed by atoms with Crippen LogP contribution in [0.4, 0.5) is 14.7 Å². The minimum Gasteiger partial charge on any atom is -0.388 e. The molecular formula is C20H29B2F2N5O4S. The number of alkyl halides is 2. The number of aromatic nitrogens is 3. The smallest absolute Gasteiger partial charge is 0.260 e. The third-order valence-corrected chi connectivity index (χ3v) is 8.45. The van der Waals surface area contributed by atoms with Crippen LogP contribution in [0.2, 0.25) is 0 Å². The normalized spacial score (nSPS) is 26.1. The van der Waals surface area contributed by atoms with Gasteiger partial charge in [-0.25, -0.2) is 26.5 Å². The second-order valence-electron chi connectivity index (χ2n) is 10.2. The van der Waals surface area contributed by atoms with Gasteiger partial charge in [0.1, 0.15) is 13.5 Å². The minimum atomic E-state index is -3.37. The van der Waals surface area contributed by atoms with Crippen LogP contribution in [-0.2, 0) is 15.8 Å². The molecule has 1 saturated heterocycles. The molecule has 2 aromatic rings. The van der Waals surface area contributed by atoms with Crippen molar-refractivity contribution in [3.05, 3.63) is 28.2 Å². The summed E-state index contributed by atoms with van der Waals surface area (Å²) in [6.07, 6.45) is 5.19. The van der Waals surface area contributed by atoms with Gasteiger partial charge < -0.3 is 10.4 Å². The summed E-state index contributed by atoms with van der Waals surface area (Å²) >= 11 is 0. The number of rotatable bonds is 5. The molecule has 1 saturated carbocycles. The van der Waals surface area contributed by atoms with Gasteiger partial charge in [0.2, 0.25) is 21.8 Å². The molecule has 0 aromatic carbocycles. The summed E-state index contributed by atoms with van der Waals surface area (Å²) in [5.41, 5.74) is -3.08. The van der Waals surface area contributed by atoms with Crippen molar-refractivity contribution >= 4 is 42.7 Å². The molecule has 0 unspecified atom stereocenters. The van der Waals surface area contributed by atoms with Gasteiger partial charge in [-0.05, 0) is 45.1 Å². The van der Waals surface area contributed by atoms with E-state index >= 15 is 0 Å². The van der Waals surface area contributed by atoms with Crippen LogP contribution in [0.1, 0.15) is 50.6 Å². The van der Waals surface area contributed by atoms with E-state index in [9.17, 15) is 27.1 Å². The number of pyridine rings is 1. The van der Waals surface area contributed by atoms with Gasteiger partial charge in [0, 0.05) is 30.1 Å². The maximum Gasteiger partial charge on any atom is 0.260 e. The number of piperidine rings is 1. The minimum absolute atomic E-state index is 0.180. The molecule has 184 valence electrons. The fourth-order valence-corrected chi connectivity index (χ4v) is 5.87. The Bertz CT molecular complexity index is 1270. The number of nitrogens with one attached hydrogen (secondary N) is 1. The first-order valence-electron chi connectivity index (χ1n) is 11.4. The molecule has 2 aliphatic rings. The molecule has 1 aliphatic heterocycles. The Hall–Kier alpha value is -2.05. The second kappa shape index (κ2) is 8.27. The van der Waals surface area contributed by atoms with Gasteiger partial charge in [-0.3, -0.25) is 9.36 Å². The molecule has 0 bridgehead atoms. The summed E-state index contributed by atoms with van der Waals surface area (Å²) in [5.74, 6) is -3.15. The van der Waals surface area contributed by atoms with Crippen molar-refractivity contribution in [3.63, 3.8) is 0 Å². The van der Waals surface area contributed by atoms with Crippen LogP contribution in [0.25, 0.3) is 11.0 Å². The molecule has 2 atom stereocenters. The van der Waals surface area contributed by atoms with Crippen LogP contribution in [0.15, 0.2) is 17.1 Å². The van der Waals surface area contributed by atoms with Crippen molar-refractivity contribution in [1.82, 2.24) is 18.8 Å². The number of halogens is 2. The van der Waals surface area contributed by atoms with Crippen LogP contribution in [0.5, 0.6) is 0 Å². The standard InChI is InChI=1S/C20H29B2F2N5O4S/c1-18(31)5-3-4-14(18)29-15-12(10-13(16(29)30)20(22,23)24)11-25-17(26-15)27-19(21)6-8-28(9-7-19)34(2,32)33/h10-11,14,31H,3-9,21-22H2,1-2H3,(H,25,26,27)/t14-,18-/m0/s1. The third-order valence-electron chi connectivity index (χ3n) is 7.14. The lowest BCUT2D eigenvalue weighted by Gasteiger charge is -2.39. The highest BCUT2D eigenvalue weighted by Gasteiger charge is 2.41. The number of fused-ring (bicyclic) bond motifs is 1. The van der Waals surface area contributed by atoms with E-state index in [2.05, 4.69) is 15.3 Å². The number of hydrogen-bond acceptors (Lipinski definition) is 7. The first kappa shape index (κ1) is 25.1. The van der Waals surface area contributed by atoms with Crippen molar-refractivity contribution in [1.29, 1.82) is 0 Å². The molecule has 34 heavy (non-hydrogen) atoms. The Kier molecular flexibility index (Phi) is 6.09. The number of anilines is 1. The van der Waals surface area contributed by atoms with Gasteiger partial charge in [0.15, 0.2) is 7.85 Å². The summed E-state index contributed by atoms with van der Waals surface area (Å²) in [4.78, 5) is 22.1. The van der Waals surface area contributed by atoms with Crippen molar-refractivity contribution in [2.45, 2.75) is 61.9 Å². The lowest BCUT2D eigenvalue weighted by Crippen LogP contribution is -2.51. The molecule has 4 rings (SSSR count). The van der Waals surface area contributed by atoms with Crippen molar-refractivity contribution in [3.8, 4) is 0 Å². The predicted octanol–water partition coefficient (Wildman–Crippen LogP) is -0.253. The highest BCUT2D eigenvalue weighted by Crippen LogP contribution is 2.40. The zero-order valence-electron chi connectivity index (χ0n) is 19.8. The Morgan fingerprint density at radius 1 is 1.29 bits per heavy atom. The quantitative estimate of drug-likeness (QED) is 0.550. The van der Waals surface area contributed by atoms with E-state index in [1.165, 1.54) is 21.3 Å². The third kappa shape index (κ3) is 4.72. The van der Waals surface area contributed by atoms with Crippen LogP contribution >= 0.6 is 0 Å². The van der Waals surface area contributed by atoms with E-state index in [4.69, 9.17) is 0 Å². The van der Waals surface area contributed by atoms with Crippen LogP contribution < -0.4 is 10.9 Å². The summed E-state index contributed by atoms with van der Waals surface area (Å²) in [7, 11) is -0.660. The number of hydrogen-bond donors (Lipinski definition) is 2. The fourth-order valence-electron chi connectivity index (χ4n) is 5.03. The summed E-state index contributed by atoms with van der Waals surface area (Å²) < 4.78 is 54.8. The van der Waals surface area contributed by atoms with E-state index in [0.717, 1.165) is 6.07 Å². The maximum atomic E-state index is 14.3. The van der Waals surface area contributed by atoms with Gasteiger partial charge in [-0.15, -0.1) is 0 Å². The summed E-state index contributed by atoms with van der Waals surface area (Å²) in [6, 6.07) is 0.426. The summed E-state index contributed by atoms with van der Waals surface area (Å²) in [6.45, 7) is 2.30. The van der Waals surface area contributed by atoms with E-state index in [-0.39, 0.29) is 17.0 Å². The van der Waals surface area contributed by atoms with E-state index in [1.54, 1.807) is 6.92 Å². The SMILES string of the molecule is BC1(Nc2ncc3cc(C(B)(F)F)c(=O)n([C@H]4CCC[C@]4(C)O)c3n2)CCN(S(C)(=O)=O)CC1. The van der Waals surface area contributed by atoms with Crippen molar-refractivity contribution in [2.75, 3.05) is 24.7 Å². The zero-order chi connectivity index (χ0) is 25.1. The van der Waals surface area contributed by atoms with Gasteiger partial charge >= 0.3 is 0 Å². The highest BCUT2D eigenvalue weighted by molar-refractivity contribution is 7.88. The molecule has 14 heteroatoms. The van der Waals surface area contributed by atoms with E-state index < -0.39 is 44.0 Å². The zero-order valence-corrected chi connectivity index (χ0v) is 20.6. The largest absolute Gasteiger partial charge is 0.388 e. The molecular weight excluding hydrogens is 466 g/mol. The second-order valence-corrected chi connectivity index (χ2v) is 12.2. The topological polar surface area (TPSA) is 117 Å². The van der Waals surface area contributed by atoms with Crippen molar-refractivity contribution in [2.24, 2.45) is 0 Å². The van der Waals surface area contributed by atoms with E-state index in [0.29, 0.717) is 53.0 Å². The molecule has 2 fully saturated rings. The van der Waals surface area contributed by atoms with Crippen molar-refractivity contribution < 1.29 is 22.3 Å². The lowest BCUT2D eigenvalue weighted by molar-refractivity contribution is 0.0256. The van der Waals surface area contributed by atoms with E-state index in [1.807, 2.05) is 7.85 Å². The molecule has 9 nitrogen and oxygen atoms in total. The van der Waals surface area contributed by atoms with Crippen LogP contribution in [0.3, 0.4) is 0 Å². The monoisotopic (exact) mass is 495 g/mol. The Morgan fingerprint density at radius 2 is 1.94 bits per heavy atom. The highest BCUT2D eigenvalue weighted by atomic mass is 32.2. The van der Waals surface area contributed by atoms with Gasteiger partial charge in [0.25, 0.3) is 5.56 Å². The Labute approximate surface area is 198 Å². The molecule has 1 aliphatic carbocycles. The fraction of sp³-hybridized carbons (Fsp3) is 0.650. The number of sulfonamides is 1. The number of nitrogens with zero attached hydrogens (tertiary/aromatic N) is 4. The van der Waals surface area contributed by atoms with Crippen LogP contribution in [-0.4, -0.2) is 78.4 Å². The average molecular weight is 495 g/mol. The Balaban J connectivity index is 1.76. The molecule has 0 spiro atoms. The molecule has 2 aromatic heterocycles. The first-order valence-corrected chi connectivity index (χ1v) is 13.2. The first-order chi connectivity index (χ1) is 15.6. The summed E-state index contributed by atoms with van der Waals surface area (Å²) in [5, 5.41) is 14.4. The Morgan fingerprint density at radius 3 is 2.47 bits per heavy atom. The van der Waals surface area contributed by atoms with Gasteiger partial charge in [-0.2, -0.15) is 4.98 Å². The molecule has 0 amide bonds. The predicted molar refractivity (Wildman–Crippen MR) is 130 cm³/mol. The molecule has 3 heterocycles. The number of aliphatic hydroxyl groups is 1. The maximum absolute atomic E-state index is 14.3.